The Kier molecular flexibility index (Phi) is 5.79. The number of hydrogen-bond acceptors (Lipinski definition) is 3. The highest BCUT2D eigenvalue weighted by Gasteiger charge is 2.40. The molecule has 2 fully saturated rings. The molecular weight excluding hydrogens is 352 g/mol. The number of rotatable bonds is 4. The van der Waals surface area contributed by atoms with Crippen molar-refractivity contribution in [2.24, 2.45) is 11.3 Å². The van der Waals surface area contributed by atoms with Crippen LogP contribution in [0.2, 0.25) is 0 Å². The Hall–Kier alpha value is -2.02. The van der Waals surface area contributed by atoms with E-state index >= 15 is 0 Å². The fourth-order valence-electron chi connectivity index (χ4n) is 4.06. The third kappa shape index (κ3) is 4.13. The topological polar surface area (TPSA) is 61.4 Å². The molecule has 2 saturated heterocycles. The van der Waals surface area contributed by atoms with Gasteiger partial charge in [0, 0.05) is 19.6 Å². The number of hydrogen-bond donors (Lipinski definition) is 2. The standard InChI is InChI=1S/C20H27F2N3O2/c1-13(2)17(24-18(26)16-14(21)4-3-5-15(16)22)19(27)25-10-7-20(8-11-25)6-9-23-12-20/h3-5,13,17,23H,6-12H2,1-2H3,(H,24,26)/t17-/m0/s1. The Morgan fingerprint density at radius 3 is 2.30 bits per heavy atom. The van der Waals surface area contributed by atoms with Gasteiger partial charge in [-0.15, -0.1) is 0 Å². The van der Waals surface area contributed by atoms with Crippen molar-refractivity contribution in [1.82, 2.24) is 15.5 Å². The Balaban J connectivity index is 1.68. The molecule has 0 unspecified atom stereocenters. The molecule has 2 heterocycles. The van der Waals surface area contributed by atoms with E-state index in [-0.39, 0.29) is 17.2 Å². The zero-order chi connectivity index (χ0) is 19.6. The van der Waals surface area contributed by atoms with Crippen LogP contribution >= 0.6 is 0 Å². The number of likely N-dealkylation sites (tertiary alicyclic amines) is 1. The van der Waals surface area contributed by atoms with Gasteiger partial charge in [0.05, 0.1) is 0 Å². The minimum absolute atomic E-state index is 0.184. The van der Waals surface area contributed by atoms with Crippen molar-refractivity contribution in [2.75, 3.05) is 26.2 Å². The summed E-state index contributed by atoms with van der Waals surface area (Å²) in [5.41, 5.74) is -0.366. The zero-order valence-electron chi connectivity index (χ0n) is 15.9. The second kappa shape index (κ2) is 7.92. The monoisotopic (exact) mass is 379 g/mol. The number of benzene rings is 1. The molecular formula is C20H27F2N3O2. The number of nitrogens with one attached hydrogen (secondary N) is 2. The maximum Gasteiger partial charge on any atom is 0.257 e. The quantitative estimate of drug-likeness (QED) is 0.844. The highest BCUT2D eigenvalue weighted by atomic mass is 19.1. The van der Waals surface area contributed by atoms with E-state index in [2.05, 4.69) is 10.6 Å². The van der Waals surface area contributed by atoms with Crippen LogP contribution in [0.15, 0.2) is 18.2 Å². The first-order chi connectivity index (χ1) is 12.8. The molecule has 1 aromatic carbocycles. The van der Waals surface area contributed by atoms with Crippen LogP contribution in [0.3, 0.4) is 0 Å². The molecule has 0 bridgehead atoms. The summed E-state index contributed by atoms with van der Waals surface area (Å²) in [5.74, 6) is -3.14. The first-order valence-corrected chi connectivity index (χ1v) is 9.57. The average Bonchev–Trinajstić information content (AvgIpc) is 3.07. The molecule has 0 radical (unpaired) electrons. The second-order valence-corrected chi connectivity index (χ2v) is 8.04. The molecule has 2 aliphatic heterocycles. The first kappa shape index (κ1) is 19.7. The highest BCUT2D eigenvalue weighted by molar-refractivity contribution is 5.98. The summed E-state index contributed by atoms with van der Waals surface area (Å²) in [6.45, 7) is 6.93. The number of carbonyl (C=O) groups excluding carboxylic acids is 2. The summed E-state index contributed by atoms with van der Waals surface area (Å²) >= 11 is 0. The number of nitrogens with zero attached hydrogens (tertiary/aromatic N) is 1. The average molecular weight is 379 g/mol. The molecule has 5 nitrogen and oxygen atoms in total. The van der Waals surface area contributed by atoms with Gasteiger partial charge < -0.3 is 15.5 Å². The van der Waals surface area contributed by atoms with Crippen LogP contribution in [0.25, 0.3) is 0 Å². The summed E-state index contributed by atoms with van der Waals surface area (Å²) in [7, 11) is 0. The van der Waals surface area contributed by atoms with E-state index in [1.54, 1.807) is 4.90 Å². The van der Waals surface area contributed by atoms with Gasteiger partial charge >= 0.3 is 0 Å². The largest absolute Gasteiger partial charge is 0.341 e. The maximum absolute atomic E-state index is 13.9. The number of carbonyl (C=O) groups is 2. The van der Waals surface area contributed by atoms with Gasteiger partial charge in [0.15, 0.2) is 0 Å². The summed E-state index contributed by atoms with van der Waals surface area (Å²) in [5, 5.41) is 5.94. The van der Waals surface area contributed by atoms with Gasteiger partial charge in [-0.1, -0.05) is 19.9 Å². The molecule has 2 amide bonds. The van der Waals surface area contributed by atoms with Crippen molar-refractivity contribution in [1.29, 1.82) is 0 Å². The van der Waals surface area contributed by atoms with Crippen LogP contribution in [0.5, 0.6) is 0 Å². The number of halogens is 2. The molecule has 1 atom stereocenters. The minimum Gasteiger partial charge on any atom is -0.341 e. The normalized spacial score (nSPS) is 20.1. The van der Waals surface area contributed by atoms with Crippen LogP contribution in [-0.4, -0.2) is 48.9 Å². The van der Waals surface area contributed by atoms with Gasteiger partial charge in [-0.25, -0.2) is 8.78 Å². The third-order valence-corrected chi connectivity index (χ3v) is 5.88. The predicted octanol–water partition coefficient (Wildman–Crippen LogP) is 2.32. The molecule has 148 valence electrons. The molecule has 0 saturated carbocycles. The maximum atomic E-state index is 13.9. The van der Waals surface area contributed by atoms with Gasteiger partial charge in [0.1, 0.15) is 23.2 Å². The van der Waals surface area contributed by atoms with Gasteiger partial charge in [-0.05, 0) is 49.3 Å². The fraction of sp³-hybridized carbons (Fsp3) is 0.600. The second-order valence-electron chi connectivity index (χ2n) is 8.04. The van der Waals surface area contributed by atoms with Crippen molar-refractivity contribution >= 4 is 11.8 Å². The Labute approximate surface area is 158 Å². The number of piperidine rings is 1. The van der Waals surface area contributed by atoms with Gasteiger partial charge in [-0.2, -0.15) is 0 Å². The van der Waals surface area contributed by atoms with E-state index in [1.807, 2.05) is 13.8 Å². The molecule has 2 N–H and O–H groups in total. The molecule has 1 aromatic rings. The smallest absolute Gasteiger partial charge is 0.257 e. The Bertz CT molecular complexity index is 687. The van der Waals surface area contributed by atoms with Gasteiger partial charge in [0.25, 0.3) is 5.91 Å². The van der Waals surface area contributed by atoms with E-state index in [9.17, 15) is 18.4 Å². The van der Waals surface area contributed by atoms with Crippen LogP contribution in [0.1, 0.15) is 43.5 Å². The van der Waals surface area contributed by atoms with Gasteiger partial charge in [-0.3, -0.25) is 9.59 Å². The van der Waals surface area contributed by atoms with E-state index in [1.165, 1.54) is 6.07 Å². The number of amides is 2. The van der Waals surface area contributed by atoms with E-state index in [0.29, 0.717) is 13.1 Å². The molecule has 27 heavy (non-hydrogen) atoms. The van der Waals surface area contributed by atoms with Crippen LogP contribution in [-0.2, 0) is 4.79 Å². The molecule has 0 aliphatic carbocycles. The lowest BCUT2D eigenvalue weighted by atomic mass is 9.77. The predicted molar refractivity (Wildman–Crippen MR) is 98.2 cm³/mol. The zero-order valence-corrected chi connectivity index (χ0v) is 15.9. The SMILES string of the molecule is CC(C)[C@H](NC(=O)c1c(F)cccc1F)C(=O)N1CCC2(CCNC2)CC1. The van der Waals surface area contributed by atoms with Crippen LogP contribution in [0.4, 0.5) is 8.78 Å². The summed E-state index contributed by atoms with van der Waals surface area (Å²) in [6.07, 6.45) is 3.00. The van der Waals surface area contributed by atoms with Crippen molar-refractivity contribution in [3.63, 3.8) is 0 Å². The van der Waals surface area contributed by atoms with E-state index < -0.39 is 29.1 Å². The summed E-state index contributed by atoms with van der Waals surface area (Å²) < 4.78 is 27.8. The van der Waals surface area contributed by atoms with Crippen molar-refractivity contribution in [3.05, 3.63) is 35.4 Å². The van der Waals surface area contributed by atoms with Crippen LogP contribution < -0.4 is 10.6 Å². The third-order valence-electron chi connectivity index (χ3n) is 5.88. The van der Waals surface area contributed by atoms with Crippen molar-refractivity contribution in [3.8, 4) is 0 Å². The first-order valence-electron chi connectivity index (χ1n) is 9.57. The molecule has 7 heteroatoms. The molecule has 2 aliphatic rings. The molecule has 3 rings (SSSR count). The Morgan fingerprint density at radius 1 is 1.15 bits per heavy atom. The van der Waals surface area contributed by atoms with Crippen molar-refractivity contribution < 1.29 is 18.4 Å². The Morgan fingerprint density at radius 2 is 1.78 bits per heavy atom. The lowest BCUT2D eigenvalue weighted by molar-refractivity contribution is -0.136. The van der Waals surface area contributed by atoms with E-state index in [0.717, 1.165) is 44.5 Å². The molecule has 0 aromatic heterocycles. The summed E-state index contributed by atoms with van der Waals surface area (Å²) in [6, 6.07) is 2.45. The fourth-order valence-corrected chi connectivity index (χ4v) is 4.06. The van der Waals surface area contributed by atoms with Crippen molar-refractivity contribution in [2.45, 2.75) is 39.2 Å². The summed E-state index contributed by atoms with van der Waals surface area (Å²) in [4.78, 5) is 27.2. The highest BCUT2D eigenvalue weighted by Crippen LogP contribution is 2.37. The molecule has 1 spiro atoms. The minimum atomic E-state index is -0.934. The lowest BCUT2D eigenvalue weighted by Crippen LogP contribution is -2.54. The lowest BCUT2D eigenvalue weighted by Gasteiger charge is -2.40. The van der Waals surface area contributed by atoms with E-state index in [4.69, 9.17) is 0 Å². The van der Waals surface area contributed by atoms with Crippen LogP contribution in [0, 0.1) is 23.0 Å². The van der Waals surface area contributed by atoms with Gasteiger partial charge in [0.2, 0.25) is 5.91 Å².